The van der Waals surface area contributed by atoms with Gasteiger partial charge in [-0.3, -0.25) is 4.90 Å². The fourth-order valence-electron chi connectivity index (χ4n) is 2.92. The summed E-state index contributed by atoms with van der Waals surface area (Å²) in [5.74, 6) is 0.649. The van der Waals surface area contributed by atoms with Gasteiger partial charge in [0.25, 0.3) is 0 Å². The molecule has 1 heterocycles. The summed E-state index contributed by atoms with van der Waals surface area (Å²) in [7, 11) is 0. The molecule has 0 saturated heterocycles. The third-order valence-corrected chi connectivity index (χ3v) is 4.18. The fourth-order valence-corrected chi connectivity index (χ4v) is 2.92. The fraction of sp³-hybridized carbons (Fsp3) is 0.667. The van der Waals surface area contributed by atoms with E-state index in [9.17, 15) is 0 Å². The number of rotatable bonds is 3. The SMILES string of the molecule is CC(C)c1cccc2c1CCN(CCC(C)(C)C)C2. The van der Waals surface area contributed by atoms with Gasteiger partial charge in [0.15, 0.2) is 0 Å². The molecule has 0 unspecified atom stereocenters. The molecule has 1 nitrogen and oxygen atoms in total. The van der Waals surface area contributed by atoms with Crippen LogP contribution in [0.4, 0.5) is 0 Å². The minimum absolute atomic E-state index is 0.445. The van der Waals surface area contributed by atoms with E-state index in [1.807, 2.05) is 0 Å². The summed E-state index contributed by atoms with van der Waals surface area (Å²) in [6.07, 6.45) is 2.51. The Morgan fingerprint density at radius 3 is 2.58 bits per heavy atom. The van der Waals surface area contributed by atoms with Crippen molar-refractivity contribution < 1.29 is 0 Å². The molecule has 0 N–H and O–H groups in total. The van der Waals surface area contributed by atoms with Gasteiger partial charge in [0.2, 0.25) is 0 Å². The van der Waals surface area contributed by atoms with Crippen molar-refractivity contribution in [2.45, 2.75) is 59.9 Å². The van der Waals surface area contributed by atoms with E-state index in [2.05, 4.69) is 57.7 Å². The van der Waals surface area contributed by atoms with Crippen molar-refractivity contribution >= 4 is 0 Å². The summed E-state index contributed by atoms with van der Waals surface area (Å²) in [6, 6.07) is 6.88. The van der Waals surface area contributed by atoms with Gasteiger partial charge < -0.3 is 0 Å². The standard InChI is InChI=1S/C18H29N/c1-14(2)16-8-6-7-15-13-19(11-9-17(15)16)12-10-18(3,4)5/h6-8,14H,9-13H2,1-5H3. The van der Waals surface area contributed by atoms with Crippen molar-refractivity contribution in [1.82, 2.24) is 4.90 Å². The first-order valence-corrected chi connectivity index (χ1v) is 7.70. The zero-order chi connectivity index (χ0) is 14.0. The van der Waals surface area contributed by atoms with Crippen LogP contribution in [0, 0.1) is 5.41 Å². The van der Waals surface area contributed by atoms with Gasteiger partial charge in [0.1, 0.15) is 0 Å². The molecule has 1 aliphatic rings. The van der Waals surface area contributed by atoms with E-state index in [1.54, 1.807) is 16.7 Å². The lowest BCUT2D eigenvalue weighted by Crippen LogP contribution is -2.33. The minimum Gasteiger partial charge on any atom is -0.299 e. The van der Waals surface area contributed by atoms with Crippen LogP contribution in [0.1, 0.15) is 63.6 Å². The molecule has 1 aromatic rings. The molecule has 0 atom stereocenters. The van der Waals surface area contributed by atoms with Crippen molar-refractivity contribution in [1.29, 1.82) is 0 Å². The van der Waals surface area contributed by atoms with E-state index >= 15 is 0 Å². The number of hydrogen-bond acceptors (Lipinski definition) is 1. The number of benzene rings is 1. The van der Waals surface area contributed by atoms with Gasteiger partial charge in [-0.25, -0.2) is 0 Å². The van der Waals surface area contributed by atoms with Crippen LogP contribution in [0.15, 0.2) is 18.2 Å². The lowest BCUT2D eigenvalue weighted by molar-refractivity contribution is 0.212. The quantitative estimate of drug-likeness (QED) is 0.766. The molecule has 0 amide bonds. The highest BCUT2D eigenvalue weighted by molar-refractivity contribution is 5.38. The van der Waals surface area contributed by atoms with E-state index in [4.69, 9.17) is 0 Å². The first kappa shape index (κ1) is 14.6. The second kappa shape index (κ2) is 5.66. The molecule has 0 aromatic heterocycles. The van der Waals surface area contributed by atoms with Crippen molar-refractivity contribution in [3.8, 4) is 0 Å². The minimum atomic E-state index is 0.445. The van der Waals surface area contributed by atoms with Crippen LogP contribution < -0.4 is 0 Å². The summed E-state index contributed by atoms with van der Waals surface area (Å²) in [5, 5.41) is 0. The Balaban J connectivity index is 2.06. The van der Waals surface area contributed by atoms with Crippen LogP contribution in [-0.4, -0.2) is 18.0 Å². The Kier molecular flexibility index (Phi) is 4.35. The highest BCUT2D eigenvalue weighted by atomic mass is 15.1. The van der Waals surface area contributed by atoms with Crippen LogP contribution in [0.5, 0.6) is 0 Å². The predicted octanol–water partition coefficient (Wildman–Crippen LogP) is 4.60. The average molecular weight is 259 g/mol. The van der Waals surface area contributed by atoms with Gasteiger partial charge in [-0.2, -0.15) is 0 Å². The Bertz CT molecular complexity index is 426. The first-order chi connectivity index (χ1) is 8.87. The molecular formula is C18H29N. The van der Waals surface area contributed by atoms with Crippen LogP contribution in [-0.2, 0) is 13.0 Å². The lowest BCUT2D eigenvalue weighted by Gasteiger charge is -2.32. The molecule has 0 fully saturated rings. The average Bonchev–Trinajstić information content (AvgIpc) is 2.34. The highest BCUT2D eigenvalue weighted by Gasteiger charge is 2.20. The van der Waals surface area contributed by atoms with E-state index in [-0.39, 0.29) is 0 Å². The van der Waals surface area contributed by atoms with E-state index in [0.29, 0.717) is 11.3 Å². The molecule has 1 aromatic carbocycles. The summed E-state index contributed by atoms with van der Waals surface area (Å²) in [6.45, 7) is 15.2. The van der Waals surface area contributed by atoms with Crippen molar-refractivity contribution in [3.63, 3.8) is 0 Å². The molecule has 19 heavy (non-hydrogen) atoms. The van der Waals surface area contributed by atoms with Crippen LogP contribution >= 0.6 is 0 Å². The van der Waals surface area contributed by atoms with Gasteiger partial charge in [-0.05, 0) is 47.4 Å². The predicted molar refractivity (Wildman–Crippen MR) is 83.6 cm³/mol. The zero-order valence-corrected chi connectivity index (χ0v) is 13.3. The maximum atomic E-state index is 2.62. The largest absolute Gasteiger partial charge is 0.299 e. The Labute approximate surface area is 119 Å². The van der Waals surface area contributed by atoms with Gasteiger partial charge in [0.05, 0.1) is 0 Å². The highest BCUT2D eigenvalue weighted by Crippen LogP contribution is 2.28. The van der Waals surface area contributed by atoms with Crippen molar-refractivity contribution in [3.05, 3.63) is 34.9 Å². The molecule has 0 spiro atoms. The van der Waals surface area contributed by atoms with Crippen molar-refractivity contribution in [2.24, 2.45) is 5.41 Å². The molecular weight excluding hydrogens is 230 g/mol. The molecule has 0 saturated carbocycles. The van der Waals surface area contributed by atoms with Gasteiger partial charge in [-0.1, -0.05) is 52.8 Å². The second-order valence-electron chi connectivity index (χ2n) is 7.48. The number of fused-ring (bicyclic) bond motifs is 1. The smallest absolute Gasteiger partial charge is 0.0236 e. The lowest BCUT2D eigenvalue weighted by atomic mass is 9.88. The van der Waals surface area contributed by atoms with Crippen LogP contribution in [0.3, 0.4) is 0 Å². The molecule has 0 aliphatic carbocycles. The maximum absolute atomic E-state index is 2.62. The Morgan fingerprint density at radius 1 is 1.21 bits per heavy atom. The molecule has 0 radical (unpaired) electrons. The van der Waals surface area contributed by atoms with Crippen LogP contribution in [0.2, 0.25) is 0 Å². The third kappa shape index (κ3) is 3.82. The molecule has 0 bridgehead atoms. The third-order valence-electron chi connectivity index (χ3n) is 4.18. The first-order valence-electron chi connectivity index (χ1n) is 7.70. The van der Waals surface area contributed by atoms with E-state index in [0.717, 1.165) is 6.54 Å². The Morgan fingerprint density at radius 2 is 1.95 bits per heavy atom. The van der Waals surface area contributed by atoms with Gasteiger partial charge >= 0.3 is 0 Å². The molecule has 1 heteroatoms. The van der Waals surface area contributed by atoms with Gasteiger partial charge in [-0.15, -0.1) is 0 Å². The summed E-state index contributed by atoms with van der Waals surface area (Å²) < 4.78 is 0. The normalized spacial score (nSPS) is 16.7. The monoisotopic (exact) mass is 259 g/mol. The summed E-state index contributed by atoms with van der Waals surface area (Å²) in [4.78, 5) is 2.62. The molecule has 2 rings (SSSR count). The van der Waals surface area contributed by atoms with E-state index in [1.165, 1.54) is 25.9 Å². The van der Waals surface area contributed by atoms with Crippen molar-refractivity contribution in [2.75, 3.05) is 13.1 Å². The van der Waals surface area contributed by atoms with Gasteiger partial charge in [0, 0.05) is 13.1 Å². The second-order valence-corrected chi connectivity index (χ2v) is 7.48. The summed E-state index contributed by atoms with van der Waals surface area (Å²) in [5.41, 5.74) is 5.20. The van der Waals surface area contributed by atoms with Crippen LogP contribution in [0.25, 0.3) is 0 Å². The summed E-state index contributed by atoms with van der Waals surface area (Å²) >= 11 is 0. The maximum Gasteiger partial charge on any atom is 0.0236 e. The van der Waals surface area contributed by atoms with E-state index < -0.39 is 0 Å². The zero-order valence-electron chi connectivity index (χ0n) is 13.3. The number of hydrogen-bond donors (Lipinski definition) is 0. The molecule has 106 valence electrons. The topological polar surface area (TPSA) is 3.24 Å². The molecule has 1 aliphatic heterocycles. The Hall–Kier alpha value is -0.820. The number of nitrogens with zero attached hydrogens (tertiary/aromatic N) is 1.